The van der Waals surface area contributed by atoms with Crippen molar-refractivity contribution in [2.24, 2.45) is 5.73 Å². The lowest BCUT2D eigenvalue weighted by molar-refractivity contribution is 0.260. The fourth-order valence-electron chi connectivity index (χ4n) is 1.31. The van der Waals surface area contributed by atoms with Crippen LogP contribution in [0.3, 0.4) is 0 Å². The summed E-state index contributed by atoms with van der Waals surface area (Å²) in [5, 5.41) is 0. The van der Waals surface area contributed by atoms with Gasteiger partial charge in [-0.1, -0.05) is 0 Å². The monoisotopic (exact) mass is 265 g/mol. The Bertz CT molecular complexity index is 411. The zero-order chi connectivity index (χ0) is 11.8. The van der Waals surface area contributed by atoms with E-state index < -0.39 is 11.6 Å². The lowest BCUT2D eigenvalue weighted by Gasteiger charge is -2.12. The quantitative estimate of drug-likeness (QED) is 0.908. The Hall–Kier alpha value is -1.07. The molecule has 0 aliphatic heterocycles. The Kier molecular flexibility index (Phi) is 4.16. The first-order valence-corrected chi connectivity index (χ1v) is 4.99. The smallest absolute Gasteiger partial charge is 0.204 e. The predicted octanol–water partition coefficient (Wildman–Crippen LogP) is 2.27. The van der Waals surface area contributed by atoms with Gasteiger partial charge in [-0.15, -0.1) is 12.4 Å². The molecule has 0 aromatic heterocycles. The van der Waals surface area contributed by atoms with Gasteiger partial charge in [0, 0.05) is 0 Å². The minimum Gasteiger partial charge on any atom is -0.494 e. The maximum Gasteiger partial charge on any atom is 0.204 e. The van der Waals surface area contributed by atoms with Crippen LogP contribution in [0.25, 0.3) is 0 Å². The molecule has 1 aliphatic carbocycles. The summed E-state index contributed by atoms with van der Waals surface area (Å²) in [5.41, 5.74) is 5.41. The Morgan fingerprint density at radius 1 is 1.24 bits per heavy atom. The van der Waals surface area contributed by atoms with Crippen LogP contribution >= 0.6 is 12.4 Å². The molecule has 0 spiro atoms. The van der Waals surface area contributed by atoms with Crippen molar-refractivity contribution >= 4 is 12.4 Å². The fourth-order valence-corrected chi connectivity index (χ4v) is 1.31. The molecule has 1 fully saturated rings. The Balaban J connectivity index is 0.00000144. The van der Waals surface area contributed by atoms with Crippen molar-refractivity contribution in [2.75, 3.05) is 13.7 Å². The normalized spacial score (nSPS) is 16.0. The van der Waals surface area contributed by atoms with E-state index in [1.165, 1.54) is 19.2 Å². The summed E-state index contributed by atoms with van der Waals surface area (Å²) in [6.45, 7) is 0.204. The number of rotatable bonds is 4. The summed E-state index contributed by atoms with van der Waals surface area (Å²) in [6.07, 6.45) is 1.71. The molecule has 0 unspecified atom stereocenters. The molecule has 2 N–H and O–H groups in total. The van der Waals surface area contributed by atoms with Crippen LogP contribution in [0.15, 0.2) is 12.1 Å². The first kappa shape index (κ1) is 14.0. The van der Waals surface area contributed by atoms with E-state index in [9.17, 15) is 8.78 Å². The van der Waals surface area contributed by atoms with Crippen molar-refractivity contribution in [3.8, 4) is 11.5 Å². The van der Waals surface area contributed by atoms with E-state index in [2.05, 4.69) is 4.74 Å². The summed E-state index contributed by atoms with van der Waals surface area (Å²) in [4.78, 5) is 0. The molecule has 6 heteroatoms. The molecule has 0 radical (unpaired) electrons. The van der Waals surface area contributed by atoms with Gasteiger partial charge in [-0.3, -0.25) is 0 Å². The van der Waals surface area contributed by atoms with Crippen molar-refractivity contribution < 1.29 is 18.3 Å². The molecule has 0 amide bonds. The SMILES string of the molecule is COc1ccc(OCC2(N)CC2)c(F)c1F.Cl. The van der Waals surface area contributed by atoms with Gasteiger partial charge in [0.25, 0.3) is 0 Å². The van der Waals surface area contributed by atoms with Gasteiger partial charge in [0.1, 0.15) is 6.61 Å². The third-order valence-corrected chi connectivity index (χ3v) is 2.64. The standard InChI is InChI=1S/C11H13F2NO2.ClH/c1-15-7-2-3-8(10(13)9(7)12)16-6-11(14)4-5-11;/h2-3H,4-6,14H2,1H3;1H. The number of ether oxygens (including phenoxy) is 2. The summed E-state index contributed by atoms with van der Waals surface area (Å²) < 4.78 is 36.5. The van der Waals surface area contributed by atoms with E-state index in [4.69, 9.17) is 10.5 Å². The highest BCUT2D eigenvalue weighted by Gasteiger charge is 2.39. The van der Waals surface area contributed by atoms with Crippen LogP contribution in [0.1, 0.15) is 12.8 Å². The molecule has 0 bridgehead atoms. The number of halogens is 3. The second kappa shape index (κ2) is 5.06. The Morgan fingerprint density at radius 3 is 2.29 bits per heavy atom. The number of nitrogens with two attached hydrogens (primary N) is 1. The summed E-state index contributed by atoms with van der Waals surface area (Å²) in [7, 11) is 1.28. The third-order valence-electron chi connectivity index (χ3n) is 2.64. The minimum absolute atomic E-state index is 0. The van der Waals surface area contributed by atoms with Crippen molar-refractivity contribution in [3.05, 3.63) is 23.8 Å². The van der Waals surface area contributed by atoms with E-state index in [0.29, 0.717) is 0 Å². The van der Waals surface area contributed by atoms with Gasteiger partial charge >= 0.3 is 0 Å². The number of benzene rings is 1. The maximum atomic E-state index is 13.4. The lowest BCUT2D eigenvalue weighted by atomic mass is 10.3. The topological polar surface area (TPSA) is 44.5 Å². The molecule has 0 saturated heterocycles. The van der Waals surface area contributed by atoms with E-state index in [1.807, 2.05) is 0 Å². The second-order valence-corrected chi connectivity index (χ2v) is 4.04. The van der Waals surface area contributed by atoms with Gasteiger partial charge in [0.15, 0.2) is 11.5 Å². The van der Waals surface area contributed by atoms with Crippen molar-refractivity contribution in [1.82, 2.24) is 0 Å². The van der Waals surface area contributed by atoms with Crippen LogP contribution < -0.4 is 15.2 Å². The molecular weight excluding hydrogens is 252 g/mol. The predicted molar refractivity (Wildman–Crippen MR) is 61.8 cm³/mol. The number of hydrogen-bond donors (Lipinski definition) is 1. The fraction of sp³-hybridized carbons (Fsp3) is 0.455. The first-order valence-electron chi connectivity index (χ1n) is 4.99. The van der Waals surface area contributed by atoms with Crippen LogP contribution in [0.4, 0.5) is 8.78 Å². The second-order valence-electron chi connectivity index (χ2n) is 4.04. The molecule has 3 nitrogen and oxygen atoms in total. The Labute approximate surface area is 104 Å². The minimum atomic E-state index is -1.04. The average Bonchev–Trinajstić information content (AvgIpc) is 2.99. The first-order chi connectivity index (χ1) is 7.56. The summed E-state index contributed by atoms with van der Waals surface area (Å²) >= 11 is 0. The van der Waals surface area contributed by atoms with Crippen LogP contribution in [0.5, 0.6) is 11.5 Å². The molecule has 0 atom stereocenters. The van der Waals surface area contributed by atoms with Gasteiger partial charge in [-0.05, 0) is 25.0 Å². The van der Waals surface area contributed by atoms with Crippen LogP contribution in [-0.4, -0.2) is 19.3 Å². The number of hydrogen-bond acceptors (Lipinski definition) is 3. The molecule has 1 aromatic carbocycles. The molecule has 1 aliphatic rings. The molecule has 1 saturated carbocycles. The van der Waals surface area contributed by atoms with Crippen LogP contribution in [0.2, 0.25) is 0 Å². The third kappa shape index (κ3) is 2.98. The highest BCUT2D eigenvalue weighted by molar-refractivity contribution is 5.85. The lowest BCUT2D eigenvalue weighted by Crippen LogP contribution is -2.30. The Morgan fingerprint density at radius 2 is 1.76 bits per heavy atom. The van der Waals surface area contributed by atoms with Crippen molar-refractivity contribution in [3.63, 3.8) is 0 Å². The van der Waals surface area contributed by atoms with Gasteiger partial charge in [0.2, 0.25) is 11.6 Å². The molecule has 1 aromatic rings. The molecule has 2 rings (SSSR count). The zero-order valence-corrected chi connectivity index (χ0v) is 10.2. The average molecular weight is 266 g/mol. The molecule has 96 valence electrons. The van der Waals surface area contributed by atoms with Crippen molar-refractivity contribution in [2.45, 2.75) is 18.4 Å². The van der Waals surface area contributed by atoms with Gasteiger partial charge in [-0.25, -0.2) is 0 Å². The van der Waals surface area contributed by atoms with Crippen molar-refractivity contribution in [1.29, 1.82) is 0 Å². The van der Waals surface area contributed by atoms with Gasteiger partial charge < -0.3 is 15.2 Å². The van der Waals surface area contributed by atoms with Gasteiger partial charge in [0.05, 0.1) is 12.6 Å². The highest BCUT2D eigenvalue weighted by atomic mass is 35.5. The van der Waals surface area contributed by atoms with Crippen LogP contribution in [-0.2, 0) is 0 Å². The summed E-state index contributed by atoms with van der Waals surface area (Å²) in [6, 6.07) is 2.66. The zero-order valence-electron chi connectivity index (χ0n) is 9.33. The van der Waals surface area contributed by atoms with Crippen LogP contribution in [0, 0.1) is 11.6 Å². The highest BCUT2D eigenvalue weighted by Crippen LogP contribution is 2.34. The number of methoxy groups -OCH3 is 1. The largest absolute Gasteiger partial charge is 0.494 e. The van der Waals surface area contributed by atoms with E-state index in [-0.39, 0.29) is 36.1 Å². The van der Waals surface area contributed by atoms with E-state index in [0.717, 1.165) is 12.8 Å². The summed E-state index contributed by atoms with van der Waals surface area (Å²) in [5.74, 6) is -2.35. The van der Waals surface area contributed by atoms with Gasteiger partial charge in [-0.2, -0.15) is 8.78 Å². The molecule has 17 heavy (non-hydrogen) atoms. The van der Waals surface area contributed by atoms with E-state index >= 15 is 0 Å². The molecule has 0 heterocycles. The molecular formula is C11H14ClF2NO2. The maximum absolute atomic E-state index is 13.4. The van der Waals surface area contributed by atoms with E-state index in [1.54, 1.807) is 0 Å².